The number of aromatic nitrogens is 3. The molecule has 36 heteroatoms. The molecule has 3 aromatic heterocycles. The number of carbonyl (C=O) groups excluding carboxylic acids is 3. The second kappa shape index (κ2) is 31.3. The lowest BCUT2D eigenvalue weighted by Crippen LogP contribution is -2.58. The summed E-state index contributed by atoms with van der Waals surface area (Å²) in [5.41, 5.74) is 0.805. The van der Waals surface area contributed by atoms with Gasteiger partial charge >= 0.3 is 0 Å². The Kier molecular flexibility index (Phi) is 25.5. The van der Waals surface area contributed by atoms with Crippen molar-refractivity contribution in [2.24, 2.45) is 0 Å². The van der Waals surface area contributed by atoms with Crippen LogP contribution in [-0.4, -0.2) is 150 Å². The second-order valence-electron chi connectivity index (χ2n) is 18.1. The van der Waals surface area contributed by atoms with E-state index < -0.39 is 102 Å². The van der Waals surface area contributed by atoms with Crippen LogP contribution in [0.4, 0.5) is 30.2 Å². The first-order valence-electron chi connectivity index (χ1n) is 24.7. The number of methoxy groups -OCH3 is 3. The van der Waals surface area contributed by atoms with Crippen LogP contribution in [0.5, 0.6) is 0 Å². The number of nitrogens with one attached hydrogen (secondary N) is 6. The predicted octanol–water partition coefficient (Wildman–Crippen LogP) is 7.15. The van der Waals surface area contributed by atoms with Crippen LogP contribution < -0.4 is 30.1 Å². The lowest BCUT2D eigenvalue weighted by Gasteiger charge is -2.37. The van der Waals surface area contributed by atoms with Crippen LogP contribution in [0.2, 0.25) is 15.1 Å². The van der Waals surface area contributed by atoms with Crippen LogP contribution in [0.3, 0.4) is 0 Å². The Morgan fingerprint density at radius 2 is 0.776 bits per heavy atom. The smallest absolute Gasteiger partial charge is 0.280 e. The summed E-state index contributed by atoms with van der Waals surface area (Å²) in [4.78, 5) is 51.1. The predicted molar refractivity (Wildman–Crippen MR) is 319 cm³/mol. The van der Waals surface area contributed by atoms with E-state index >= 15 is 0 Å². The van der Waals surface area contributed by atoms with E-state index in [1.807, 2.05) is 0 Å². The summed E-state index contributed by atoms with van der Waals surface area (Å²) in [5, 5.41) is 14.3. The molecule has 3 amide bonds. The highest BCUT2D eigenvalue weighted by Crippen LogP contribution is 2.34. The molecule has 0 aliphatic carbocycles. The Morgan fingerprint density at radius 1 is 0.518 bits per heavy atom. The molecule has 0 bridgehead atoms. The van der Waals surface area contributed by atoms with E-state index in [1.165, 1.54) is 91.7 Å². The standard InChI is InChI=1S/3C16H18ClFN4O4S2.CH4/c3*1-26-6-5-22-14(15(23)20-10-2-3-12(18)11(17)8-10)9-13(21-28(22,24)25)16-19-4-7-27-16;/h3*2-4,7-8,13-14,21H,5-6,9H2,1H3,(H,20,23);1H4/t2*13-,14+;;/m10../s1. The number of amides is 3. The molecule has 0 spiro atoms. The molecule has 3 aliphatic heterocycles. The number of benzene rings is 3. The lowest BCUT2D eigenvalue weighted by atomic mass is 10.1. The molecule has 6 N–H and O–H groups in total. The molecule has 24 nitrogen and oxygen atoms in total. The molecule has 464 valence electrons. The third-order valence-corrected chi connectivity index (χ3v) is 20.9. The van der Waals surface area contributed by atoms with Crippen molar-refractivity contribution in [2.75, 3.05) is 76.7 Å². The van der Waals surface area contributed by atoms with Gasteiger partial charge < -0.3 is 30.2 Å². The van der Waals surface area contributed by atoms with E-state index in [0.29, 0.717) is 15.0 Å². The molecule has 3 aromatic carbocycles. The molecule has 6 atom stereocenters. The number of nitrogens with zero attached hydrogens (tertiary/aromatic N) is 6. The van der Waals surface area contributed by atoms with Crippen molar-refractivity contribution in [2.45, 2.75) is 62.9 Å². The summed E-state index contributed by atoms with van der Waals surface area (Å²) in [6.07, 6.45) is 5.25. The molecule has 0 radical (unpaired) electrons. The molecule has 6 heterocycles. The minimum atomic E-state index is -3.95. The van der Waals surface area contributed by atoms with E-state index in [1.54, 1.807) is 34.7 Å². The van der Waals surface area contributed by atoms with Gasteiger partial charge in [0.1, 0.15) is 50.6 Å². The molecular weight excluding hydrogens is 1300 g/mol. The van der Waals surface area contributed by atoms with Crippen LogP contribution >= 0.6 is 68.8 Å². The van der Waals surface area contributed by atoms with Crippen LogP contribution in [0, 0.1) is 17.5 Å². The first-order valence-corrected chi connectivity index (χ1v) is 32.8. The first-order chi connectivity index (χ1) is 39.9. The van der Waals surface area contributed by atoms with Crippen molar-refractivity contribution >= 4 is 134 Å². The van der Waals surface area contributed by atoms with Crippen molar-refractivity contribution in [3.63, 3.8) is 0 Å². The maximum atomic E-state index is 13.3. The maximum Gasteiger partial charge on any atom is 0.280 e. The fraction of sp³-hybridized carbons (Fsp3) is 0.388. The van der Waals surface area contributed by atoms with E-state index in [9.17, 15) is 52.8 Å². The Hall–Kier alpha value is -4.89. The van der Waals surface area contributed by atoms with Gasteiger partial charge in [0.25, 0.3) is 30.6 Å². The SMILES string of the molecule is C.COCCN1C(C(=O)Nc2ccc(F)c(Cl)c2)CC(c2nccs2)NS1(=O)=O.COCCN1[C@@H](C(=O)Nc2ccc(F)c(Cl)c2)C[C@@H](c2nccs2)NS1(=O)=O.COCCN1[C@H](C(=O)Nc2ccc(F)c(Cl)c2)C[C@H](c2nccs2)NS1(=O)=O. The number of hydrogen-bond acceptors (Lipinski definition) is 18. The minimum absolute atomic E-state index is 0. The zero-order valence-electron chi connectivity index (χ0n) is 44.3. The minimum Gasteiger partial charge on any atom is -0.383 e. The number of carbonyl (C=O) groups is 3. The van der Waals surface area contributed by atoms with Gasteiger partial charge in [-0.3, -0.25) is 14.4 Å². The van der Waals surface area contributed by atoms with E-state index in [-0.39, 0.29) is 98.3 Å². The second-order valence-corrected chi connectivity index (χ2v) is 27.0. The number of rotatable bonds is 18. The number of halogens is 6. The highest BCUT2D eigenvalue weighted by Gasteiger charge is 2.46. The fourth-order valence-electron chi connectivity index (χ4n) is 8.57. The van der Waals surface area contributed by atoms with E-state index in [0.717, 1.165) is 31.1 Å². The summed E-state index contributed by atoms with van der Waals surface area (Å²) >= 11 is 21.1. The summed E-state index contributed by atoms with van der Waals surface area (Å²) in [6.45, 7) is 0.356. The van der Waals surface area contributed by atoms with E-state index in [4.69, 9.17) is 49.0 Å². The van der Waals surface area contributed by atoms with Crippen molar-refractivity contribution in [1.29, 1.82) is 0 Å². The number of thiazole rings is 3. The van der Waals surface area contributed by atoms with E-state index in [2.05, 4.69) is 45.1 Å². The van der Waals surface area contributed by atoms with Gasteiger partial charge in [-0.2, -0.15) is 52.3 Å². The molecule has 6 aromatic rings. The fourth-order valence-corrected chi connectivity index (χ4v) is 16.0. The topological polar surface area (TPSA) is 302 Å². The zero-order valence-corrected chi connectivity index (χ0v) is 51.5. The largest absolute Gasteiger partial charge is 0.383 e. The van der Waals surface area contributed by atoms with Crippen LogP contribution in [0.1, 0.15) is 59.8 Å². The highest BCUT2D eigenvalue weighted by atomic mass is 35.5. The van der Waals surface area contributed by atoms with Crippen molar-refractivity contribution < 1.29 is 67.0 Å². The Balaban J connectivity index is 0.000000203. The Bertz CT molecular complexity index is 3190. The quantitative estimate of drug-likeness (QED) is 0.0498. The van der Waals surface area contributed by atoms with Gasteiger partial charge in [0, 0.05) is 92.8 Å². The molecule has 0 saturated carbocycles. The van der Waals surface area contributed by atoms with Gasteiger partial charge in [0.2, 0.25) is 17.7 Å². The van der Waals surface area contributed by atoms with Gasteiger partial charge in [-0.25, -0.2) is 28.1 Å². The number of ether oxygens (including phenoxy) is 3. The summed E-state index contributed by atoms with van der Waals surface area (Å²) in [7, 11) is -7.52. The van der Waals surface area contributed by atoms with Crippen molar-refractivity contribution in [1.82, 2.24) is 42.0 Å². The summed E-state index contributed by atoms with van der Waals surface area (Å²) < 4.78 is 142. The van der Waals surface area contributed by atoms with Crippen molar-refractivity contribution in [3.05, 3.63) is 137 Å². The number of anilines is 3. The molecule has 3 fully saturated rings. The lowest BCUT2D eigenvalue weighted by molar-refractivity contribution is -0.121. The highest BCUT2D eigenvalue weighted by molar-refractivity contribution is 7.87. The van der Waals surface area contributed by atoms with Crippen LogP contribution in [-0.2, 0) is 59.2 Å². The number of hydrogen-bond donors (Lipinski definition) is 6. The van der Waals surface area contributed by atoms with Crippen molar-refractivity contribution in [3.8, 4) is 0 Å². The van der Waals surface area contributed by atoms with Gasteiger partial charge in [0.15, 0.2) is 0 Å². The Morgan fingerprint density at radius 3 is 0.988 bits per heavy atom. The zero-order chi connectivity index (χ0) is 60.9. The molecule has 3 saturated heterocycles. The maximum absolute atomic E-state index is 13.3. The van der Waals surface area contributed by atoms with Crippen LogP contribution in [0.25, 0.3) is 0 Å². The Labute approximate surface area is 516 Å². The molecule has 3 aliphatic rings. The van der Waals surface area contributed by atoms with Gasteiger partial charge in [-0.15, -0.1) is 34.0 Å². The van der Waals surface area contributed by atoms with Gasteiger partial charge in [0.05, 0.1) is 53.0 Å². The molecular formula is C49H58Cl3F3N12O12S6. The van der Waals surface area contributed by atoms with Gasteiger partial charge in [-0.1, -0.05) is 42.2 Å². The monoisotopic (exact) mass is 1360 g/mol. The van der Waals surface area contributed by atoms with Crippen LogP contribution in [0.15, 0.2) is 89.3 Å². The summed E-state index contributed by atoms with van der Waals surface area (Å²) in [6, 6.07) is 6.34. The molecule has 9 rings (SSSR count). The average molecular weight is 1360 g/mol. The first kappa shape index (κ1) is 69.2. The van der Waals surface area contributed by atoms with Gasteiger partial charge in [-0.05, 0) is 73.9 Å². The normalized spacial score (nSPS) is 21.8. The third-order valence-electron chi connectivity index (χ3n) is 12.5. The molecule has 85 heavy (non-hydrogen) atoms. The molecule has 2 unspecified atom stereocenters. The summed E-state index contributed by atoms with van der Waals surface area (Å²) in [5.74, 6) is -3.50. The average Bonchev–Trinajstić information content (AvgIpc) is 3.78. The third kappa shape index (κ3) is 18.3.